The number of rotatable bonds is 7. The van der Waals surface area contributed by atoms with Gasteiger partial charge in [0, 0.05) is 5.56 Å². The Morgan fingerprint density at radius 1 is 0.793 bits per heavy atom. The second-order valence-corrected chi connectivity index (χ2v) is 6.85. The number of carbonyl (C=O) groups is 2. The summed E-state index contributed by atoms with van der Waals surface area (Å²) in [6.07, 6.45) is 0.0914. The first-order valence-electron chi connectivity index (χ1n) is 9.48. The molecule has 0 aromatic heterocycles. The van der Waals surface area contributed by atoms with Gasteiger partial charge in [-0.1, -0.05) is 60.7 Å². The molecule has 2 N–H and O–H groups in total. The Hall–Kier alpha value is -3.47. The largest absolute Gasteiger partial charge is 0.350 e. The summed E-state index contributed by atoms with van der Waals surface area (Å²) < 4.78 is 13.1. The molecule has 0 bridgehead atoms. The number of amides is 2. The lowest BCUT2D eigenvalue weighted by molar-refractivity contribution is -0.122. The van der Waals surface area contributed by atoms with Gasteiger partial charge < -0.3 is 10.6 Å². The molecule has 0 radical (unpaired) electrons. The van der Waals surface area contributed by atoms with Crippen LogP contribution in [0.1, 0.15) is 46.9 Å². The standard InChI is InChI=1S/C24H23FN2O2/c1-17(18-12-14-21(25)15-13-18)26-23(28)16-22(19-8-4-2-5-9-19)27-24(29)20-10-6-3-7-11-20/h2-15,17,22H,16H2,1H3,(H,26,28)(H,27,29). The van der Waals surface area contributed by atoms with Crippen LogP contribution in [-0.2, 0) is 4.79 Å². The molecule has 2 atom stereocenters. The molecule has 0 saturated carbocycles. The Morgan fingerprint density at radius 2 is 1.38 bits per heavy atom. The average Bonchev–Trinajstić information content (AvgIpc) is 2.75. The van der Waals surface area contributed by atoms with Crippen molar-refractivity contribution in [1.29, 1.82) is 0 Å². The molecule has 29 heavy (non-hydrogen) atoms. The third kappa shape index (κ3) is 5.75. The second kappa shape index (κ2) is 9.64. The summed E-state index contributed by atoms with van der Waals surface area (Å²) in [5.41, 5.74) is 2.19. The molecule has 0 heterocycles. The van der Waals surface area contributed by atoms with E-state index in [0.717, 1.165) is 11.1 Å². The molecule has 3 aromatic carbocycles. The Morgan fingerprint density at radius 3 is 2.00 bits per heavy atom. The lowest BCUT2D eigenvalue weighted by atomic mass is 10.0. The van der Waals surface area contributed by atoms with Crippen molar-refractivity contribution in [3.63, 3.8) is 0 Å². The number of hydrogen-bond donors (Lipinski definition) is 2. The molecule has 2 amide bonds. The minimum atomic E-state index is -0.468. The fourth-order valence-electron chi connectivity index (χ4n) is 3.09. The molecule has 0 aliphatic carbocycles. The summed E-state index contributed by atoms with van der Waals surface area (Å²) in [5, 5.41) is 5.87. The van der Waals surface area contributed by atoms with Crippen LogP contribution in [0.4, 0.5) is 4.39 Å². The van der Waals surface area contributed by atoms with Gasteiger partial charge in [0.15, 0.2) is 0 Å². The minimum Gasteiger partial charge on any atom is -0.350 e. The summed E-state index contributed by atoms with van der Waals surface area (Å²) in [5.74, 6) is -0.761. The zero-order chi connectivity index (χ0) is 20.6. The molecular weight excluding hydrogens is 367 g/mol. The monoisotopic (exact) mass is 390 g/mol. The number of hydrogen-bond acceptors (Lipinski definition) is 2. The number of halogens is 1. The Balaban J connectivity index is 1.70. The summed E-state index contributed by atoms with van der Waals surface area (Å²) in [4.78, 5) is 25.3. The van der Waals surface area contributed by atoms with E-state index in [2.05, 4.69) is 10.6 Å². The molecule has 2 unspecified atom stereocenters. The smallest absolute Gasteiger partial charge is 0.251 e. The van der Waals surface area contributed by atoms with E-state index in [4.69, 9.17) is 0 Å². The van der Waals surface area contributed by atoms with Gasteiger partial charge in [-0.15, -0.1) is 0 Å². The van der Waals surface area contributed by atoms with Crippen molar-refractivity contribution in [3.8, 4) is 0 Å². The third-order valence-electron chi connectivity index (χ3n) is 4.68. The first kappa shape index (κ1) is 20.3. The van der Waals surface area contributed by atoms with Gasteiger partial charge >= 0.3 is 0 Å². The van der Waals surface area contributed by atoms with E-state index < -0.39 is 6.04 Å². The van der Waals surface area contributed by atoms with Crippen LogP contribution < -0.4 is 10.6 Å². The lowest BCUT2D eigenvalue weighted by Crippen LogP contribution is -2.34. The highest BCUT2D eigenvalue weighted by Crippen LogP contribution is 2.19. The van der Waals surface area contributed by atoms with Gasteiger partial charge in [-0.05, 0) is 42.3 Å². The van der Waals surface area contributed by atoms with Gasteiger partial charge in [0.05, 0.1) is 18.5 Å². The van der Waals surface area contributed by atoms with Gasteiger partial charge in [-0.3, -0.25) is 9.59 Å². The van der Waals surface area contributed by atoms with Crippen LogP contribution in [-0.4, -0.2) is 11.8 Å². The van der Waals surface area contributed by atoms with Crippen LogP contribution in [0.15, 0.2) is 84.9 Å². The molecule has 3 aromatic rings. The SMILES string of the molecule is CC(NC(=O)CC(NC(=O)c1ccccc1)c1ccccc1)c1ccc(F)cc1. The average molecular weight is 390 g/mol. The van der Waals surface area contributed by atoms with Crippen molar-refractivity contribution >= 4 is 11.8 Å². The van der Waals surface area contributed by atoms with E-state index in [1.54, 1.807) is 36.4 Å². The Labute approximate surface area is 169 Å². The molecule has 148 valence electrons. The highest BCUT2D eigenvalue weighted by atomic mass is 19.1. The highest BCUT2D eigenvalue weighted by Gasteiger charge is 2.20. The van der Waals surface area contributed by atoms with Crippen molar-refractivity contribution in [2.45, 2.75) is 25.4 Å². The third-order valence-corrected chi connectivity index (χ3v) is 4.68. The van der Waals surface area contributed by atoms with Crippen LogP contribution in [0.25, 0.3) is 0 Å². The first-order chi connectivity index (χ1) is 14.0. The summed E-state index contributed by atoms with van der Waals surface area (Å²) in [7, 11) is 0. The lowest BCUT2D eigenvalue weighted by Gasteiger charge is -2.21. The molecule has 0 spiro atoms. The van der Waals surface area contributed by atoms with Crippen LogP contribution in [0.2, 0.25) is 0 Å². The summed E-state index contributed by atoms with van der Waals surface area (Å²) in [6.45, 7) is 1.84. The molecule has 5 heteroatoms. The van der Waals surface area contributed by atoms with Gasteiger partial charge in [0.25, 0.3) is 5.91 Å². The predicted molar refractivity (Wildman–Crippen MR) is 111 cm³/mol. The summed E-state index contributed by atoms with van der Waals surface area (Å²) >= 11 is 0. The minimum absolute atomic E-state index is 0.0914. The van der Waals surface area contributed by atoms with E-state index in [9.17, 15) is 14.0 Å². The molecule has 0 aliphatic rings. The van der Waals surface area contributed by atoms with Gasteiger partial charge in [0.1, 0.15) is 5.82 Å². The van der Waals surface area contributed by atoms with Crippen LogP contribution in [0.5, 0.6) is 0 Å². The summed E-state index contributed by atoms with van der Waals surface area (Å²) in [6, 6.07) is 23.6. The zero-order valence-electron chi connectivity index (χ0n) is 16.1. The normalized spacial score (nSPS) is 12.6. The fourth-order valence-corrected chi connectivity index (χ4v) is 3.09. The number of benzene rings is 3. The van der Waals surface area contributed by atoms with E-state index in [-0.39, 0.29) is 30.1 Å². The van der Waals surface area contributed by atoms with Crippen molar-refractivity contribution in [1.82, 2.24) is 10.6 Å². The van der Waals surface area contributed by atoms with Crippen molar-refractivity contribution in [3.05, 3.63) is 107 Å². The zero-order valence-corrected chi connectivity index (χ0v) is 16.1. The van der Waals surface area contributed by atoms with Crippen LogP contribution in [0, 0.1) is 5.82 Å². The molecule has 4 nitrogen and oxygen atoms in total. The Kier molecular flexibility index (Phi) is 6.74. The topological polar surface area (TPSA) is 58.2 Å². The van der Waals surface area contributed by atoms with E-state index in [1.807, 2.05) is 43.3 Å². The van der Waals surface area contributed by atoms with Crippen LogP contribution in [0.3, 0.4) is 0 Å². The Bertz CT molecular complexity index is 944. The molecule has 3 rings (SSSR count). The molecular formula is C24H23FN2O2. The maximum Gasteiger partial charge on any atom is 0.251 e. The van der Waals surface area contributed by atoms with Crippen molar-refractivity contribution < 1.29 is 14.0 Å². The number of carbonyl (C=O) groups excluding carboxylic acids is 2. The maximum atomic E-state index is 13.1. The second-order valence-electron chi connectivity index (χ2n) is 6.85. The van der Waals surface area contributed by atoms with Crippen LogP contribution >= 0.6 is 0 Å². The van der Waals surface area contributed by atoms with Gasteiger partial charge in [-0.2, -0.15) is 0 Å². The quantitative estimate of drug-likeness (QED) is 0.621. The molecule has 0 saturated heterocycles. The van der Waals surface area contributed by atoms with E-state index >= 15 is 0 Å². The fraction of sp³-hybridized carbons (Fsp3) is 0.167. The maximum absolute atomic E-state index is 13.1. The van der Waals surface area contributed by atoms with Crippen molar-refractivity contribution in [2.24, 2.45) is 0 Å². The first-order valence-corrected chi connectivity index (χ1v) is 9.48. The predicted octanol–water partition coefficient (Wildman–Crippen LogP) is 4.56. The van der Waals surface area contributed by atoms with E-state index in [1.165, 1.54) is 12.1 Å². The number of nitrogens with one attached hydrogen (secondary N) is 2. The van der Waals surface area contributed by atoms with Crippen molar-refractivity contribution in [2.75, 3.05) is 0 Å². The molecule has 0 fully saturated rings. The van der Waals surface area contributed by atoms with E-state index in [0.29, 0.717) is 5.56 Å². The van der Waals surface area contributed by atoms with Gasteiger partial charge in [-0.25, -0.2) is 4.39 Å². The highest BCUT2D eigenvalue weighted by molar-refractivity contribution is 5.94. The molecule has 0 aliphatic heterocycles. The van der Waals surface area contributed by atoms with Gasteiger partial charge in [0.2, 0.25) is 5.91 Å².